The Balaban J connectivity index is 2.17. The zero-order valence-electron chi connectivity index (χ0n) is 10.7. The summed E-state index contributed by atoms with van der Waals surface area (Å²) in [5.74, 6) is 5.11. The number of nitrogens with zero attached hydrogens (tertiary/aromatic N) is 1. The minimum Gasteiger partial charge on any atom is -0.504 e. The Morgan fingerprint density at radius 1 is 0.900 bits per heavy atom. The zero-order valence-corrected chi connectivity index (χ0v) is 10.7. The fraction of sp³-hybridized carbons (Fsp3) is 0. The molecule has 5 heteroatoms. The van der Waals surface area contributed by atoms with Gasteiger partial charge in [-0.05, 0) is 23.3 Å². The molecule has 5 nitrogen and oxygen atoms in total. The van der Waals surface area contributed by atoms with Crippen LogP contribution >= 0.6 is 0 Å². The number of benzene rings is 2. The van der Waals surface area contributed by atoms with Crippen molar-refractivity contribution in [3.63, 3.8) is 0 Å². The standard InChI is InChI=1S/C15H15N3O2/c16-15(18-17)12-6-3-10(4-7-12)1-2-11-5-8-13(19)14(20)9-11/h1-9,19-20H,17H2,(H2,16,18)/b2-1+. The zero-order chi connectivity index (χ0) is 14.5. The van der Waals surface area contributed by atoms with Crippen molar-refractivity contribution >= 4 is 18.0 Å². The third-order valence-corrected chi connectivity index (χ3v) is 2.81. The van der Waals surface area contributed by atoms with Crippen LogP contribution in [0.2, 0.25) is 0 Å². The maximum absolute atomic E-state index is 9.40. The Kier molecular flexibility index (Phi) is 3.91. The molecule has 0 spiro atoms. The molecule has 102 valence electrons. The summed E-state index contributed by atoms with van der Waals surface area (Å²) in [6.45, 7) is 0. The number of hydrogen-bond acceptors (Lipinski definition) is 4. The van der Waals surface area contributed by atoms with Gasteiger partial charge in [0.05, 0.1) is 0 Å². The molecule has 0 aliphatic heterocycles. The number of hydrazone groups is 1. The summed E-state index contributed by atoms with van der Waals surface area (Å²) in [6, 6.07) is 12.0. The van der Waals surface area contributed by atoms with Crippen molar-refractivity contribution in [2.75, 3.05) is 0 Å². The van der Waals surface area contributed by atoms with E-state index in [2.05, 4.69) is 5.10 Å². The van der Waals surface area contributed by atoms with Gasteiger partial charge in [0.1, 0.15) is 5.84 Å². The van der Waals surface area contributed by atoms with Crippen LogP contribution in [0.4, 0.5) is 0 Å². The summed E-state index contributed by atoms with van der Waals surface area (Å²) in [5, 5.41) is 22.1. The van der Waals surface area contributed by atoms with Crippen LogP contribution in [0.3, 0.4) is 0 Å². The fourth-order valence-electron chi connectivity index (χ4n) is 1.68. The van der Waals surface area contributed by atoms with Gasteiger partial charge < -0.3 is 21.8 Å². The smallest absolute Gasteiger partial charge is 0.157 e. The van der Waals surface area contributed by atoms with E-state index in [1.165, 1.54) is 12.1 Å². The average Bonchev–Trinajstić information content (AvgIpc) is 2.48. The molecular weight excluding hydrogens is 254 g/mol. The van der Waals surface area contributed by atoms with Gasteiger partial charge in [-0.1, -0.05) is 42.5 Å². The van der Waals surface area contributed by atoms with Crippen LogP contribution < -0.4 is 11.6 Å². The first-order valence-electron chi connectivity index (χ1n) is 5.94. The minimum atomic E-state index is -0.144. The number of rotatable bonds is 3. The Morgan fingerprint density at radius 2 is 1.50 bits per heavy atom. The van der Waals surface area contributed by atoms with Gasteiger partial charge in [0.15, 0.2) is 11.5 Å². The number of aromatic hydroxyl groups is 2. The van der Waals surface area contributed by atoms with E-state index >= 15 is 0 Å². The normalized spacial score (nSPS) is 11.9. The third kappa shape index (κ3) is 3.08. The molecule has 0 aliphatic rings. The van der Waals surface area contributed by atoms with Crippen LogP contribution in [0.5, 0.6) is 11.5 Å². The average molecular weight is 269 g/mol. The van der Waals surface area contributed by atoms with Gasteiger partial charge in [0.2, 0.25) is 0 Å². The van der Waals surface area contributed by atoms with E-state index in [0.717, 1.165) is 16.7 Å². The molecule has 0 aliphatic carbocycles. The van der Waals surface area contributed by atoms with Crippen molar-refractivity contribution in [2.24, 2.45) is 16.7 Å². The van der Waals surface area contributed by atoms with E-state index in [1.807, 2.05) is 36.4 Å². The predicted octanol–water partition coefficient (Wildman–Crippen LogP) is 1.85. The quantitative estimate of drug-likeness (QED) is 0.170. The lowest BCUT2D eigenvalue weighted by molar-refractivity contribution is 0.403. The Morgan fingerprint density at radius 3 is 2.10 bits per heavy atom. The van der Waals surface area contributed by atoms with Gasteiger partial charge >= 0.3 is 0 Å². The van der Waals surface area contributed by atoms with E-state index in [1.54, 1.807) is 6.07 Å². The van der Waals surface area contributed by atoms with Crippen LogP contribution in [0.25, 0.3) is 12.2 Å². The molecule has 0 aromatic heterocycles. The van der Waals surface area contributed by atoms with E-state index in [-0.39, 0.29) is 17.3 Å². The second-order valence-electron chi connectivity index (χ2n) is 4.22. The summed E-state index contributed by atoms with van der Waals surface area (Å²) in [4.78, 5) is 0. The second kappa shape index (κ2) is 5.79. The van der Waals surface area contributed by atoms with Crippen LogP contribution in [0.1, 0.15) is 16.7 Å². The third-order valence-electron chi connectivity index (χ3n) is 2.81. The van der Waals surface area contributed by atoms with E-state index < -0.39 is 0 Å². The number of nitrogens with two attached hydrogens (primary N) is 2. The fourth-order valence-corrected chi connectivity index (χ4v) is 1.68. The maximum atomic E-state index is 9.40. The molecule has 0 saturated carbocycles. The van der Waals surface area contributed by atoms with Crippen molar-refractivity contribution in [1.29, 1.82) is 0 Å². The molecule has 2 rings (SSSR count). The van der Waals surface area contributed by atoms with Crippen molar-refractivity contribution in [1.82, 2.24) is 0 Å². The largest absolute Gasteiger partial charge is 0.504 e. The van der Waals surface area contributed by atoms with Crippen molar-refractivity contribution in [3.05, 3.63) is 59.2 Å². The molecule has 20 heavy (non-hydrogen) atoms. The van der Waals surface area contributed by atoms with E-state index in [9.17, 15) is 10.2 Å². The van der Waals surface area contributed by atoms with Gasteiger partial charge in [-0.2, -0.15) is 5.10 Å². The number of phenolic OH excluding ortho intramolecular Hbond substituents is 2. The molecule has 6 N–H and O–H groups in total. The summed E-state index contributed by atoms with van der Waals surface area (Å²) in [6.07, 6.45) is 3.71. The number of hydrogen-bond donors (Lipinski definition) is 4. The van der Waals surface area contributed by atoms with Gasteiger partial charge in [0.25, 0.3) is 0 Å². The highest BCUT2D eigenvalue weighted by atomic mass is 16.3. The summed E-state index contributed by atoms with van der Waals surface area (Å²) in [5.41, 5.74) is 8.10. The second-order valence-corrected chi connectivity index (χ2v) is 4.22. The van der Waals surface area contributed by atoms with E-state index in [4.69, 9.17) is 11.6 Å². The molecule has 0 heterocycles. The lowest BCUT2D eigenvalue weighted by Gasteiger charge is -2.00. The minimum absolute atomic E-state index is 0.136. The molecule has 0 radical (unpaired) electrons. The molecule has 0 atom stereocenters. The van der Waals surface area contributed by atoms with Crippen LogP contribution in [0, 0.1) is 0 Å². The van der Waals surface area contributed by atoms with E-state index in [0.29, 0.717) is 0 Å². The van der Waals surface area contributed by atoms with Gasteiger partial charge in [0, 0.05) is 5.56 Å². The SMILES string of the molecule is N/N=C(/N)c1ccc(/C=C/c2ccc(O)c(O)c2)cc1. The topological polar surface area (TPSA) is 105 Å². The molecule has 2 aromatic carbocycles. The molecular formula is C15H15N3O2. The van der Waals surface area contributed by atoms with Crippen molar-refractivity contribution in [3.8, 4) is 11.5 Å². The maximum Gasteiger partial charge on any atom is 0.157 e. The van der Waals surface area contributed by atoms with Crippen LogP contribution in [-0.4, -0.2) is 16.0 Å². The molecule has 0 saturated heterocycles. The van der Waals surface area contributed by atoms with Gasteiger partial charge in [-0.25, -0.2) is 0 Å². The molecule has 0 fully saturated rings. The Bertz CT molecular complexity index is 661. The predicted molar refractivity (Wildman–Crippen MR) is 80.1 cm³/mol. The summed E-state index contributed by atoms with van der Waals surface area (Å²) >= 11 is 0. The van der Waals surface area contributed by atoms with Crippen molar-refractivity contribution in [2.45, 2.75) is 0 Å². The number of amidine groups is 1. The van der Waals surface area contributed by atoms with Crippen LogP contribution in [-0.2, 0) is 0 Å². The lowest BCUT2D eigenvalue weighted by Crippen LogP contribution is -2.15. The van der Waals surface area contributed by atoms with Crippen LogP contribution in [0.15, 0.2) is 47.6 Å². The number of phenols is 2. The Labute approximate surface area is 116 Å². The highest BCUT2D eigenvalue weighted by molar-refractivity contribution is 5.97. The Hall–Kier alpha value is -2.95. The molecule has 2 aromatic rings. The molecule has 0 bridgehead atoms. The summed E-state index contributed by atoms with van der Waals surface area (Å²) < 4.78 is 0. The first-order valence-corrected chi connectivity index (χ1v) is 5.94. The summed E-state index contributed by atoms with van der Waals surface area (Å²) in [7, 11) is 0. The molecule has 0 amide bonds. The highest BCUT2D eigenvalue weighted by Gasteiger charge is 1.99. The molecule has 0 unspecified atom stereocenters. The van der Waals surface area contributed by atoms with Crippen molar-refractivity contribution < 1.29 is 10.2 Å². The highest BCUT2D eigenvalue weighted by Crippen LogP contribution is 2.25. The first-order chi connectivity index (χ1) is 9.60. The monoisotopic (exact) mass is 269 g/mol. The van der Waals surface area contributed by atoms with Gasteiger partial charge in [-0.3, -0.25) is 0 Å². The van der Waals surface area contributed by atoms with Gasteiger partial charge in [-0.15, -0.1) is 0 Å². The lowest BCUT2D eigenvalue weighted by atomic mass is 10.1. The first kappa shape index (κ1) is 13.5.